The number of hydrogen-bond donors (Lipinski definition) is 1. The Balaban J connectivity index is 1.60. The average Bonchev–Trinajstić information content (AvgIpc) is 2.65. The molecular formula is C13H17N. The van der Waals surface area contributed by atoms with E-state index in [4.69, 9.17) is 5.73 Å². The molecule has 2 aliphatic rings. The first-order valence-electron chi connectivity index (χ1n) is 5.64. The minimum absolute atomic E-state index is 0.557. The van der Waals surface area contributed by atoms with E-state index in [0.717, 1.165) is 17.8 Å². The highest BCUT2D eigenvalue weighted by Crippen LogP contribution is 2.53. The Labute approximate surface area is 85.3 Å². The molecule has 2 saturated carbocycles. The highest BCUT2D eigenvalue weighted by atomic mass is 14.8. The van der Waals surface area contributed by atoms with E-state index in [1.807, 2.05) is 0 Å². The van der Waals surface area contributed by atoms with Gasteiger partial charge in [0.1, 0.15) is 0 Å². The molecule has 0 bridgehead atoms. The number of hydrogen-bond acceptors (Lipinski definition) is 1. The average molecular weight is 187 g/mol. The van der Waals surface area contributed by atoms with Gasteiger partial charge in [-0.3, -0.25) is 0 Å². The number of fused-ring (bicyclic) bond motifs is 1. The van der Waals surface area contributed by atoms with Crippen molar-refractivity contribution in [2.45, 2.75) is 25.3 Å². The fourth-order valence-electron chi connectivity index (χ4n) is 3.12. The van der Waals surface area contributed by atoms with Crippen molar-refractivity contribution >= 4 is 0 Å². The molecule has 2 N–H and O–H groups in total. The van der Waals surface area contributed by atoms with Crippen LogP contribution in [0.4, 0.5) is 0 Å². The Morgan fingerprint density at radius 1 is 1.07 bits per heavy atom. The molecule has 2 unspecified atom stereocenters. The summed E-state index contributed by atoms with van der Waals surface area (Å²) in [4.78, 5) is 0. The van der Waals surface area contributed by atoms with Crippen molar-refractivity contribution in [1.29, 1.82) is 0 Å². The van der Waals surface area contributed by atoms with Gasteiger partial charge in [0, 0.05) is 6.04 Å². The Kier molecular flexibility index (Phi) is 1.88. The standard InChI is InChI=1S/C13H17N/c14-13-11-7-10(8-12(11)13)6-9-4-2-1-3-5-9/h1-5,10-13H,6-8,14H2. The van der Waals surface area contributed by atoms with Crippen molar-refractivity contribution in [3.05, 3.63) is 35.9 Å². The molecule has 14 heavy (non-hydrogen) atoms. The minimum atomic E-state index is 0.557. The van der Waals surface area contributed by atoms with Crippen LogP contribution in [-0.4, -0.2) is 6.04 Å². The van der Waals surface area contributed by atoms with Gasteiger partial charge in [0.2, 0.25) is 0 Å². The van der Waals surface area contributed by atoms with Crippen LogP contribution in [0.2, 0.25) is 0 Å². The van der Waals surface area contributed by atoms with Crippen LogP contribution in [0.25, 0.3) is 0 Å². The third kappa shape index (κ3) is 1.36. The molecule has 0 amide bonds. The van der Waals surface area contributed by atoms with E-state index in [0.29, 0.717) is 6.04 Å². The van der Waals surface area contributed by atoms with Crippen LogP contribution in [0.3, 0.4) is 0 Å². The largest absolute Gasteiger partial charge is 0.327 e. The first-order valence-corrected chi connectivity index (χ1v) is 5.64. The number of benzene rings is 1. The lowest BCUT2D eigenvalue weighted by molar-refractivity contribution is 0.468. The van der Waals surface area contributed by atoms with Crippen LogP contribution in [-0.2, 0) is 6.42 Å². The zero-order valence-corrected chi connectivity index (χ0v) is 8.39. The second-order valence-corrected chi connectivity index (χ2v) is 4.93. The van der Waals surface area contributed by atoms with E-state index < -0.39 is 0 Å². The van der Waals surface area contributed by atoms with Crippen molar-refractivity contribution in [2.24, 2.45) is 23.5 Å². The highest BCUT2D eigenvalue weighted by Gasteiger charge is 2.53. The van der Waals surface area contributed by atoms with E-state index >= 15 is 0 Å². The maximum absolute atomic E-state index is 5.93. The zero-order valence-electron chi connectivity index (χ0n) is 8.39. The molecule has 1 nitrogen and oxygen atoms in total. The maximum atomic E-state index is 5.93. The van der Waals surface area contributed by atoms with Gasteiger partial charge < -0.3 is 5.73 Å². The number of nitrogens with two attached hydrogens (primary N) is 1. The van der Waals surface area contributed by atoms with Crippen LogP contribution < -0.4 is 5.73 Å². The van der Waals surface area contributed by atoms with Gasteiger partial charge in [0.25, 0.3) is 0 Å². The molecule has 2 fully saturated rings. The smallest absolute Gasteiger partial charge is 0.0102 e. The lowest BCUT2D eigenvalue weighted by atomic mass is 9.94. The zero-order chi connectivity index (χ0) is 9.54. The predicted molar refractivity (Wildman–Crippen MR) is 57.8 cm³/mol. The third-order valence-electron chi connectivity index (χ3n) is 3.98. The van der Waals surface area contributed by atoms with Gasteiger partial charge in [-0.05, 0) is 42.6 Å². The molecule has 0 heterocycles. The van der Waals surface area contributed by atoms with Gasteiger partial charge in [0.15, 0.2) is 0 Å². The molecule has 0 radical (unpaired) electrons. The summed E-state index contributed by atoms with van der Waals surface area (Å²) in [5, 5.41) is 0. The van der Waals surface area contributed by atoms with Crippen molar-refractivity contribution in [2.75, 3.05) is 0 Å². The lowest BCUT2D eigenvalue weighted by Crippen LogP contribution is -2.12. The van der Waals surface area contributed by atoms with Gasteiger partial charge in [0.05, 0.1) is 0 Å². The molecule has 74 valence electrons. The van der Waals surface area contributed by atoms with Crippen LogP contribution >= 0.6 is 0 Å². The summed E-state index contributed by atoms with van der Waals surface area (Å²) in [5.74, 6) is 2.67. The quantitative estimate of drug-likeness (QED) is 0.754. The highest BCUT2D eigenvalue weighted by molar-refractivity contribution is 5.17. The SMILES string of the molecule is NC1C2CC(Cc3ccccc3)CC12. The van der Waals surface area contributed by atoms with Crippen LogP contribution in [0.15, 0.2) is 30.3 Å². The molecule has 0 aliphatic heterocycles. The van der Waals surface area contributed by atoms with E-state index in [9.17, 15) is 0 Å². The minimum Gasteiger partial charge on any atom is -0.327 e. The molecule has 3 rings (SSSR count). The summed E-state index contributed by atoms with van der Waals surface area (Å²) in [6.45, 7) is 0. The van der Waals surface area contributed by atoms with Crippen molar-refractivity contribution in [3.63, 3.8) is 0 Å². The van der Waals surface area contributed by atoms with Gasteiger partial charge in [-0.2, -0.15) is 0 Å². The Morgan fingerprint density at radius 3 is 2.36 bits per heavy atom. The summed E-state index contributed by atoms with van der Waals surface area (Å²) in [5.41, 5.74) is 7.42. The summed E-state index contributed by atoms with van der Waals surface area (Å²) < 4.78 is 0. The summed E-state index contributed by atoms with van der Waals surface area (Å²) in [6.07, 6.45) is 4.02. The first kappa shape index (κ1) is 8.49. The van der Waals surface area contributed by atoms with Crippen LogP contribution in [0.5, 0.6) is 0 Å². The lowest BCUT2D eigenvalue weighted by Gasteiger charge is -2.12. The van der Waals surface area contributed by atoms with Crippen molar-refractivity contribution in [3.8, 4) is 0 Å². The Bertz CT molecular complexity index is 307. The second-order valence-electron chi connectivity index (χ2n) is 4.93. The van der Waals surface area contributed by atoms with E-state index in [1.54, 1.807) is 0 Å². The molecule has 2 aliphatic carbocycles. The Morgan fingerprint density at radius 2 is 1.71 bits per heavy atom. The molecule has 0 spiro atoms. The molecule has 1 heteroatoms. The van der Waals surface area contributed by atoms with Gasteiger partial charge in [-0.1, -0.05) is 30.3 Å². The Hall–Kier alpha value is -0.820. The maximum Gasteiger partial charge on any atom is 0.0102 e. The topological polar surface area (TPSA) is 26.0 Å². The van der Waals surface area contributed by atoms with E-state index in [2.05, 4.69) is 30.3 Å². The summed E-state index contributed by atoms with van der Waals surface area (Å²) >= 11 is 0. The molecule has 0 aromatic heterocycles. The molecule has 0 saturated heterocycles. The van der Waals surface area contributed by atoms with Crippen LogP contribution in [0, 0.1) is 17.8 Å². The van der Waals surface area contributed by atoms with E-state index in [-0.39, 0.29) is 0 Å². The van der Waals surface area contributed by atoms with Crippen molar-refractivity contribution in [1.82, 2.24) is 0 Å². The second kappa shape index (κ2) is 3.09. The fourth-order valence-corrected chi connectivity index (χ4v) is 3.12. The first-order chi connectivity index (χ1) is 6.84. The monoisotopic (exact) mass is 187 g/mol. The summed E-state index contributed by atoms with van der Waals surface area (Å²) in [6, 6.07) is 11.4. The van der Waals surface area contributed by atoms with Crippen molar-refractivity contribution < 1.29 is 0 Å². The fraction of sp³-hybridized carbons (Fsp3) is 0.538. The van der Waals surface area contributed by atoms with E-state index in [1.165, 1.54) is 24.8 Å². The molecular weight excluding hydrogens is 170 g/mol. The third-order valence-corrected chi connectivity index (χ3v) is 3.98. The predicted octanol–water partition coefficient (Wildman–Crippen LogP) is 2.21. The van der Waals surface area contributed by atoms with Gasteiger partial charge in [-0.25, -0.2) is 0 Å². The molecule has 1 aromatic carbocycles. The van der Waals surface area contributed by atoms with Gasteiger partial charge in [-0.15, -0.1) is 0 Å². The summed E-state index contributed by atoms with van der Waals surface area (Å²) in [7, 11) is 0. The normalized spacial score (nSPS) is 39.5. The molecule has 2 atom stereocenters. The van der Waals surface area contributed by atoms with Gasteiger partial charge >= 0.3 is 0 Å². The molecule has 1 aromatic rings. The van der Waals surface area contributed by atoms with Crippen LogP contribution in [0.1, 0.15) is 18.4 Å². The number of rotatable bonds is 2.